The number of rotatable bonds is 3. The summed E-state index contributed by atoms with van der Waals surface area (Å²) in [6.07, 6.45) is 0. The molecule has 0 saturated carbocycles. The fraction of sp³-hybridized carbons (Fsp3) is 0.0769. The van der Waals surface area contributed by atoms with E-state index < -0.39 is 4.92 Å². The molecule has 2 rings (SSSR count). The van der Waals surface area contributed by atoms with Crippen molar-refractivity contribution in [1.29, 1.82) is 5.26 Å². The number of hydrogen-bond acceptors (Lipinski definition) is 5. The highest BCUT2D eigenvalue weighted by molar-refractivity contribution is 6.29. The quantitative estimate of drug-likeness (QED) is 0.491. The highest BCUT2D eigenvalue weighted by atomic mass is 35.5. The molecule has 1 aromatic heterocycles. The summed E-state index contributed by atoms with van der Waals surface area (Å²) in [6.45, 7) is 0. The Morgan fingerprint density at radius 2 is 2.10 bits per heavy atom. The highest BCUT2D eigenvalue weighted by Gasteiger charge is 2.15. The molecule has 0 fully saturated rings. The monoisotopic (exact) mass is 288 g/mol. The second kappa shape index (κ2) is 5.55. The van der Waals surface area contributed by atoms with Gasteiger partial charge in [-0.3, -0.25) is 10.1 Å². The van der Waals surface area contributed by atoms with Crippen molar-refractivity contribution < 1.29 is 4.92 Å². The third-order valence-corrected chi connectivity index (χ3v) is 2.90. The number of nitro groups is 1. The van der Waals surface area contributed by atoms with Crippen molar-refractivity contribution >= 4 is 28.8 Å². The van der Waals surface area contributed by atoms with E-state index in [2.05, 4.69) is 11.1 Å². The number of aromatic nitrogens is 1. The van der Waals surface area contributed by atoms with Crippen molar-refractivity contribution in [3.63, 3.8) is 0 Å². The maximum atomic E-state index is 10.8. The molecule has 0 bridgehead atoms. The van der Waals surface area contributed by atoms with E-state index in [1.54, 1.807) is 36.2 Å². The molecule has 100 valence electrons. The van der Waals surface area contributed by atoms with Crippen LogP contribution in [0.4, 0.5) is 17.2 Å². The molecule has 1 heterocycles. The Morgan fingerprint density at radius 3 is 2.75 bits per heavy atom. The minimum absolute atomic E-state index is 0.0236. The molecule has 6 nitrogen and oxygen atoms in total. The van der Waals surface area contributed by atoms with E-state index in [9.17, 15) is 10.1 Å². The second-order valence-corrected chi connectivity index (χ2v) is 4.34. The Morgan fingerprint density at radius 1 is 1.40 bits per heavy atom. The van der Waals surface area contributed by atoms with Crippen molar-refractivity contribution in [2.24, 2.45) is 0 Å². The first-order chi connectivity index (χ1) is 9.52. The van der Waals surface area contributed by atoms with E-state index in [1.165, 1.54) is 12.1 Å². The first kappa shape index (κ1) is 13.8. The molecule has 0 unspecified atom stereocenters. The minimum atomic E-state index is -0.541. The number of benzene rings is 1. The van der Waals surface area contributed by atoms with Crippen LogP contribution >= 0.6 is 11.6 Å². The molecule has 0 atom stereocenters. The summed E-state index contributed by atoms with van der Waals surface area (Å²) >= 11 is 5.79. The fourth-order valence-electron chi connectivity index (χ4n) is 1.73. The first-order valence-electron chi connectivity index (χ1n) is 5.58. The molecule has 0 aliphatic heterocycles. The third kappa shape index (κ3) is 2.68. The van der Waals surface area contributed by atoms with Crippen molar-refractivity contribution in [2.45, 2.75) is 0 Å². The fourth-order valence-corrected chi connectivity index (χ4v) is 1.93. The lowest BCUT2D eigenvalue weighted by molar-refractivity contribution is -0.384. The molecule has 20 heavy (non-hydrogen) atoms. The average molecular weight is 289 g/mol. The van der Waals surface area contributed by atoms with Gasteiger partial charge in [0.1, 0.15) is 17.0 Å². The summed E-state index contributed by atoms with van der Waals surface area (Å²) in [5.74, 6) is 0.298. The lowest BCUT2D eigenvalue weighted by atomic mass is 10.2. The smallest absolute Gasteiger partial charge is 0.276 e. The van der Waals surface area contributed by atoms with Crippen molar-refractivity contribution in [1.82, 2.24) is 4.98 Å². The molecule has 0 aliphatic rings. The van der Waals surface area contributed by atoms with E-state index in [0.29, 0.717) is 17.1 Å². The molecule has 0 spiro atoms. The number of pyridine rings is 1. The van der Waals surface area contributed by atoms with Crippen molar-refractivity contribution in [3.05, 3.63) is 57.2 Å². The van der Waals surface area contributed by atoms with Gasteiger partial charge in [-0.2, -0.15) is 5.26 Å². The molecule has 0 aliphatic carbocycles. The minimum Gasteiger partial charge on any atom is -0.328 e. The predicted molar refractivity (Wildman–Crippen MR) is 75.1 cm³/mol. The molecule has 0 radical (unpaired) electrons. The van der Waals surface area contributed by atoms with Gasteiger partial charge in [-0.1, -0.05) is 23.7 Å². The van der Waals surface area contributed by atoms with Crippen LogP contribution in [0.25, 0.3) is 0 Å². The first-order valence-corrected chi connectivity index (χ1v) is 5.95. The highest BCUT2D eigenvalue weighted by Crippen LogP contribution is 2.29. The standard InChI is InChI=1S/C13H9ClN4O2/c1-17(11-5-3-2-4-9(11)8-15)13-7-10(18(19)20)6-12(14)16-13/h2-7H,1H3. The number of halogens is 1. The maximum Gasteiger partial charge on any atom is 0.276 e. The number of anilines is 2. The normalized spacial score (nSPS) is 9.85. The maximum absolute atomic E-state index is 10.8. The number of hydrogen-bond donors (Lipinski definition) is 0. The number of nitriles is 1. The Labute approximate surface area is 120 Å². The Bertz CT molecular complexity index is 712. The van der Waals surface area contributed by atoms with Crippen LogP contribution in [0.2, 0.25) is 5.15 Å². The van der Waals surface area contributed by atoms with Gasteiger partial charge >= 0.3 is 0 Å². The Kier molecular flexibility index (Phi) is 3.82. The second-order valence-electron chi connectivity index (χ2n) is 3.95. The lowest BCUT2D eigenvalue weighted by Gasteiger charge is -2.19. The molecule has 0 amide bonds. The van der Waals surface area contributed by atoms with E-state index >= 15 is 0 Å². The van der Waals surface area contributed by atoms with Crippen LogP contribution in [0.5, 0.6) is 0 Å². The van der Waals surface area contributed by atoms with Gasteiger partial charge in [0, 0.05) is 7.05 Å². The van der Waals surface area contributed by atoms with Gasteiger partial charge < -0.3 is 4.90 Å². The largest absolute Gasteiger partial charge is 0.328 e. The molecular weight excluding hydrogens is 280 g/mol. The van der Waals surface area contributed by atoms with Crippen LogP contribution in [-0.2, 0) is 0 Å². The van der Waals surface area contributed by atoms with Crippen LogP contribution in [0.3, 0.4) is 0 Å². The summed E-state index contributed by atoms with van der Waals surface area (Å²) in [5.41, 5.74) is 0.889. The summed E-state index contributed by atoms with van der Waals surface area (Å²) < 4.78 is 0. The van der Waals surface area contributed by atoms with Crippen molar-refractivity contribution in [3.8, 4) is 6.07 Å². The van der Waals surface area contributed by atoms with E-state index in [1.807, 2.05) is 0 Å². The zero-order valence-corrected chi connectivity index (χ0v) is 11.2. The summed E-state index contributed by atoms with van der Waals surface area (Å²) in [7, 11) is 1.67. The topological polar surface area (TPSA) is 83.1 Å². The Balaban J connectivity index is 2.51. The summed E-state index contributed by atoms with van der Waals surface area (Å²) in [4.78, 5) is 15.9. The molecule has 7 heteroatoms. The Hall–Kier alpha value is -2.65. The van der Waals surface area contributed by atoms with Gasteiger partial charge in [0.2, 0.25) is 0 Å². The molecule has 0 N–H and O–H groups in total. The van der Waals surface area contributed by atoms with Crippen LogP contribution in [0.15, 0.2) is 36.4 Å². The van der Waals surface area contributed by atoms with E-state index in [-0.39, 0.29) is 10.8 Å². The summed E-state index contributed by atoms with van der Waals surface area (Å²) in [5, 5.41) is 19.9. The molecular formula is C13H9ClN4O2. The molecule has 1 aromatic carbocycles. The van der Waals surface area contributed by atoms with Crippen molar-refractivity contribution in [2.75, 3.05) is 11.9 Å². The van der Waals surface area contributed by atoms with Crippen LogP contribution in [-0.4, -0.2) is 17.0 Å². The van der Waals surface area contributed by atoms with E-state index in [4.69, 9.17) is 16.9 Å². The zero-order chi connectivity index (χ0) is 14.7. The zero-order valence-electron chi connectivity index (χ0n) is 10.4. The third-order valence-electron chi connectivity index (χ3n) is 2.71. The van der Waals surface area contributed by atoms with Gasteiger partial charge in [0.15, 0.2) is 0 Å². The lowest BCUT2D eigenvalue weighted by Crippen LogP contribution is -2.13. The van der Waals surface area contributed by atoms with Crippen LogP contribution < -0.4 is 4.90 Å². The van der Waals surface area contributed by atoms with E-state index in [0.717, 1.165) is 0 Å². The SMILES string of the molecule is CN(c1cc([N+](=O)[O-])cc(Cl)n1)c1ccccc1C#N. The van der Waals surface area contributed by atoms with Gasteiger partial charge in [-0.25, -0.2) is 4.98 Å². The van der Waals surface area contributed by atoms with Crippen LogP contribution in [0, 0.1) is 21.4 Å². The predicted octanol–water partition coefficient (Wildman–Crippen LogP) is 3.28. The number of nitrogens with zero attached hydrogens (tertiary/aromatic N) is 4. The molecule has 0 saturated heterocycles. The van der Waals surface area contributed by atoms with Gasteiger partial charge in [-0.05, 0) is 12.1 Å². The van der Waals surface area contributed by atoms with Gasteiger partial charge in [0.25, 0.3) is 5.69 Å². The number of para-hydroxylation sites is 1. The van der Waals surface area contributed by atoms with Crippen LogP contribution in [0.1, 0.15) is 5.56 Å². The van der Waals surface area contributed by atoms with Gasteiger partial charge in [-0.15, -0.1) is 0 Å². The molecule has 2 aromatic rings. The summed E-state index contributed by atoms with van der Waals surface area (Å²) in [6, 6.07) is 11.4. The van der Waals surface area contributed by atoms with Gasteiger partial charge in [0.05, 0.1) is 28.3 Å². The average Bonchev–Trinajstić information content (AvgIpc) is 2.45.